The highest BCUT2D eigenvalue weighted by Gasteiger charge is 2.21. The third-order valence-electron chi connectivity index (χ3n) is 4.06. The molecule has 0 aliphatic heterocycles. The van der Waals surface area contributed by atoms with E-state index >= 15 is 0 Å². The molecular weight excluding hydrogens is 358 g/mol. The van der Waals surface area contributed by atoms with Gasteiger partial charge in [-0.3, -0.25) is 14.7 Å². The molecule has 2 aromatic carbocycles. The molecule has 0 aliphatic rings. The number of carbonyl (C=O) groups is 3. The van der Waals surface area contributed by atoms with Gasteiger partial charge in [0.25, 0.3) is 5.91 Å². The quantitative estimate of drug-likeness (QED) is 0.506. The largest absolute Gasteiger partial charge is 0.448 e. The summed E-state index contributed by atoms with van der Waals surface area (Å²) in [7, 11) is 0. The van der Waals surface area contributed by atoms with E-state index in [1.807, 2.05) is 30.3 Å². The van der Waals surface area contributed by atoms with Crippen LogP contribution in [-0.4, -0.2) is 34.0 Å². The van der Waals surface area contributed by atoms with Crippen LogP contribution in [0.4, 0.5) is 5.69 Å². The minimum Gasteiger partial charge on any atom is -0.448 e. The van der Waals surface area contributed by atoms with E-state index in [1.165, 1.54) is 13.8 Å². The molecule has 142 valence electrons. The Morgan fingerprint density at radius 1 is 1.04 bits per heavy atom. The average Bonchev–Trinajstić information content (AvgIpc) is 3.19. The molecule has 1 atom stereocenters. The van der Waals surface area contributed by atoms with Crippen LogP contribution < -0.4 is 5.32 Å². The second kappa shape index (κ2) is 8.30. The Balaban J connectivity index is 1.62. The Labute approximate surface area is 161 Å². The number of ketones is 1. The van der Waals surface area contributed by atoms with Gasteiger partial charge in [0.15, 0.2) is 11.9 Å². The summed E-state index contributed by atoms with van der Waals surface area (Å²) in [5.41, 5.74) is 2.54. The number of nitrogens with one attached hydrogen (secondary N) is 2. The van der Waals surface area contributed by atoms with E-state index in [9.17, 15) is 14.4 Å². The van der Waals surface area contributed by atoms with Crippen LogP contribution in [0.1, 0.15) is 34.7 Å². The SMILES string of the molecule is CC(=O)c1cccc(NC(=O)[C@H](C)OC(=O)c2cc(-c3ccccc3)n[nH]2)c1. The fourth-order valence-corrected chi connectivity index (χ4v) is 2.52. The maximum Gasteiger partial charge on any atom is 0.357 e. The molecule has 7 heteroatoms. The minimum atomic E-state index is -1.03. The standard InChI is InChI=1S/C21H19N3O4/c1-13(25)16-9-6-10-17(11-16)22-20(26)14(2)28-21(27)19-12-18(23-24-19)15-7-4-3-5-8-15/h3-12,14H,1-2H3,(H,22,26)(H,23,24)/t14-/m0/s1. The monoisotopic (exact) mass is 377 g/mol. The number of nitrogens with zero attached hydrogens (tertiary/aromatic N) is 1. The zero-order valence-electron chi connectivity index (χ0n) is 15.4. The number of ether oxygens (including phenoxy) is 1. The van der Waals surface area contributed by atoms with Crippen molar-refractivity contribution in [2.24, 2.45) is 0 Å². The minimum absolute atomic E-state index is 0.107. The van der Waals surface area contributed by atoms with Crippen LogP contribution >= 0.6 is 0 Å². The average molecular weight is 377 g/mol. The lowest BCUT2D eigenvalue weighted by molar-refractivity contribution is -0.123. The second-order valence-corrected chi connectivity index (χ2v) is 6.21. The molecule has 0 radical (unpaired) electrons. The van der Waals surface area contributed by atoms with Gasteiger partial charge in [0.2, 0.25) is 0 Å². The Bertz CT molecular complexity index is 1010. The number of amides is 1. The van der Waals surface area contributed by atoms with Crippen LogP contribution in [0.2, 0.25) is 0 Å². The van der Waals surface area contributed by atoms with E-state index in [1.54, 1.807) is 30.3 Å². The van der Waals surface area contributed by atoms with Crippen LogP contribution in [0.5, 0.6) is 0 Å². The highest BCUT2D eigenvalue weighted by Crippen LogP contribution is 2.18. The first-order valence-electron chi connectivity index (χ1n) is 8.67. The van der Waals surface area contributed by atoms with Gasteiger partial charge in [-0.1, -0.05) is 42.5 Å². The van der Waals surface area contributed by atoms with E-state index < -0.39 is 18.0 Å². The van der Waals surface area contributed by atoms with Crippen molar-refractivity contribution in [2.75, 3.05) is 5.32 Å². The van der Waals surface area contributed by atoms with Gasteiger partial charge in [-0.2, -0.15) is 5.10 Å². The number of aromatic nitrogens is 2. The molecule has 0 unspecified atom stereocenters. The van der Waals surface area contributed by atoms with Gasteiger partial charge in [0, 0.05) is 16.8 Å². The van der Waals surface area contributed by atoms with E-state index in [4.69, 9.17) is 4.74 Å². The fourth-order valence-electron chi connectivity index (χ4n) is 2.52. The van der Waals surface area contributed by atoms with Crippen molar-refractivity contribution >= 4 is 23.3 Å². The summed E-state index contributed by atoms with van der Waals surface area (Å²) >= 11 is 0. The van der Waals surface area contributed by atoms with Crippen molar-refractivity contribution in [3.63, 3.8) is 0 Å². The number of hydrogen-bond acceptors (Lipinski definition) is 5. The number of rotatable bonds is 6. The molecule has 3 aromatic rings. The van der Waals surface area contributed by atoms with Crippen molar-refractivity contribution in [1.29, 1.82) is 0 Å². The molecule has 0 spiro atoms. The van der Waals surface area contributed by atoms with Crippen molar-refractivity contribution < 1.29 is 19.1 Å². The molecule has 0 fully saturated rings. The van der Waals surface area contributed by atoms with Crippen LogP contribution in [0.25, 0.3) is 11.3 Å². The van der Waals surface area contributed by atoms with Crippen molar-refractivity contribution in [2.45, 2.75) is 20.0 Å². The Hall–Kier alpha value is -3.74. The Kier molecular flexibility index (Phi) is 5.64. The van der Waals surface area contributed by atoms with E-state index in [-0.39, 0.29) is 11.5 Å². The molecule has 7 nitrogen and oxygen atoms in total. The van der Waals surface area contributed by atoms with Crippen LogP contribution in [0.3, 0.4) is 0 Å². The second-order valence-electron chi connectivity index (χ2n) is 6.21. The fraction of sp³-hybridized carbons (Fsp3) is 0.143. The van der Waals surface area contributed by atoms with Crippen LogP contribution in [-0.2, 0) is 9.53 Å². The number of carbonyl (C=O) groups excluding carboxylic acids is 3. The predicted octanol–water partition coefficient (Wildman–Crippen LogP) is 3.46. The summed E-state index contributed by atoms with van der Waals surface area (Å²) in [6.07, 6.45) is -1.03. The van der Waals surface area contributed by atoms with E-state index in [0.29, 0.717) is 16.9 Å². The number of aromatic amines is 1. The zero-order valence-corrected chi connectivity index (χ0v) is 15.4. The lowest BCUT2D eigenvalue weighted by Crippen LogP contribution is -2.30. The summed E-state index contributed by atoms with van der Waals surface area (Å²) in [6.45, 7) is 2.91. The molecule has 1 heterocycles. The molecule has 1 amide bonds. The zero-order chi connectivity index (χ0) is 20.1. The highest BCUT2D eigenvalue weighted by molar-refractivity contribution is 5.99. The molecule has 3 rings (SSSR count). The molecular formula is C21H19N3O4. The van der Waals surface area contributed by atoms with E-state index in [2.05, 4.69) is 15.5 Å². The third kappa shape index (κ3) is 4.50. The summed E-state index contributed by atoms with van der Waals surface area (Å²) in [6, 6.07) is 17.5. The number of H-pyrrole nitrogens is 1. The summed E-state index contributed by atoms with van der Waals surface area (Å²) < 4.78 is 5.21. The first-order chi connectivity index (χ1) is 13.4. The molecule has 0 saturated carbocycles. The number of anilines is 1. The van der Waals surface area contributed by atoms with Crippen molar-refractivity contribution in [1.82, 2.24) is 10.2 Å². The molecule has 0 aliphatic carbocycles. The number of hydrogen-bond donors (Lipinski definition) is 2. The number of benzene rings is 2. The maximum atomic E-state index is 12.3. The Morgan fingerprint density at radius 2 is 1.79 bits per heavy atom. The van der Waals surface area contributed by atoms with Gasteiger partial charge in [-0.25, -0.2) is 4.79 Å². The lowest BCUT2D eigenvalue weighted by atomic mass is 10.1. The van der Waals surface area contributed by atoms with E-state index in [0.717, 1.165) is 5.56 Å². The predicted molar refractivity (Wildman–Crippen MR) is 104 cm³/mol. The lowest BCUT2D eigenvalue weighted by Gasteiger charge is -2.13. The van der Waals surface area contributed by atoms with Crippen molar-refractivity contribution in [3.8, 4) is 11.3 Å². The van der Waals surface area contributed by atoms with Gasteiger partial charge in [-0.15, -0.1) is 0 Å². The molecule has 0 saturated heterocycles. The first kappa shape index (κ1) is 19.0. The normalized spacial score (nSPS) is 11.5. The third-order valence-corrected chi connectivity index (χ3v) is 4.06. The van der Waals surface area contributed by atoms with Crippen LogP contribution in [0.15, 0.2) is 60.7 Å². The molecule has 28 heavy (non-hydrogen) atoms. The maximum absolute atomic E-state index is 12.3. The molecule has 1 aromatic heterocycles. The topological polar surface area (TPSA) is 101 Å². The molecule has 0 bridgehead atoms. The summed E-state index contributed by atoms with van der Waals surface area (Å²) in [5.74, 6) is -1.30. The summed E-state index contributed by atoms with van der Waals surface area (Å²) in [5, 5.41) is 9.35. The molecule has 2 N–H and O–H groups in total. The van der Waals surface area contributed by atoms with Gasteiger partial charge < -0.3 is 10.1 Å². The first-order valence-corrected chi connectivity index (χ1v) is 8.67. The smallest absolute Gasteiger partial charge is 0.357 e. The highest BCUT2D eigenvalue weighted by atomic mass is 16.5. The van der Waals surface area contributed by atoms with Crippen LogP contribution in [0, 0.1) is 0 Å². The van der Waals surface area contributed by atoms with Gasteiger partial charge >= 0.3 is 5.97 Å². The Morgan fingerprint density at radius 3 is 2.50 bits per heavy atom. The van der Waals surface area contributed by atoms with Gasteiger partial charge in [0.05, 0.1) is 5.69 Å². The number of Topliss-reactive ketones (excluding diaryl/α,β-unsaturated/α-hetero) is 1. The van der Waals surface area contributed by atoms with Gasteiger partial charge in [-0.05, 0) is 32.0 Å². The summed E-state index contributed by atoms with van der Waals surface area (Å²) in [4.78, 5) is 36.0. The van der Waals surface area contributed by atoms with Gasteiger partial charge in [0.1, 0.15) is 5.69 Å². The van der Waals surface area contributed by atoms with Crippen molar-refractivity contribution in [3.05, 3.63) is 71.9 Å². The number of esters is 1.